The zero-order valence-electron chi connectivity index (χ0n) is 12.2. The Morgan fingerprint density at radius 2 is 1.95 bits per heavy atom. The Kier molecular flexibility index (Phi) is 7.02. The van der Waals surface area contributed by atoms with Gasteiger partial charge < -0.3 is 20.5 Å². The van der Waals surface area contributed by atoms with Crippen LogP contribution < -0.4 is 5.73 Å². The number of benzene rings is 1. The molecule has 0 saturated heterocycles. The molecule has 0 radical (unpaired) electrons. The Balaban J connectivity index is 2.33. The molecular formula is C15H26N2O2. The molecule has 108 valence electrons. The summed E-state index contributed by atoms with van der Waals surface area (Å²) in [6, 6.07) is 8.38. The van der Waals surface area contributed by atoms with Gasteiger partial charge in [-0.2, -0.15) is 0 Å². The van der Waals surface area contributed by atoms with Crippen LogP contribution in [0.1, 0.15) is 23.6 Å². The predicted molar refractivity (Wildman–Crippen MR) is 78.1 cm³/mol. The number of hydrogen-bond donors (Lipinski definition) is 2. The number of hydrogen-bond acceptors (Lipinski definition) is 4. The van der Waals surface area contributed by atoms with Crippen LogP contribution >= 0.6 is 0 Å². The van der Waals surface area contributed by atoms with Gasteiger partial charge in [0.2, 0.25) is 0 Å². The third kappa shape index (κ3) is 6.16. The molecule has 3 N–H and O–H groups in total. The number of aryl methyl sites for hydroxylation is 1. The predicted octanol–water partition coefficient (Wildman–Crippen LogP) is 1.32. The molecule has 0 aromatic heterocycles. The molecule has 4 heteroatoms. The summed E-state index contributed by atoms with van der Waals surface area (Å²) in [5.74, 6) is 0. The van der Waals surface area contributed by atoms with Crippen LogP contribution in [0, 0.1) is 6.92 Å². The maximum absolute atomic E-state index is 9.63. The van der Waals surface area contributed by atoms with Gasteiger partial charge in [0.1, 0.15) is 0 Å². The fourth-order valence-corrected chi connectivity index (χ4v) is 2.04. The summed E-state index contributed by atoms with van der Waals surface area (Å²) in [6.45, 7) is 3.90. The maximum atomic E-state index is 9.63. The van der Waals surface area contributed by atoms with Crippen LogP contribution in [0.2, 0.25) is 0 Å². The first-order valence-corrected chi connectivity index (χ1v) is 6.70. The molecule has 2 unspecified atom stereocenters. The Bertz CT molecular complexity index is 354. The molecule has 4 nitrogen and oxygen atoms in total. The van der Waals surface area contributed by atoms with Gasteiger partial charge in [0.05, 0.1) is 12.7 Å². The second kappa shape index (κ2) is 8.27. The minimum atomic E-state index is -0.439. The van der Waals surface area contributed by atoms with E-state index in [4.69, 9.17) is 10.5 Å². The Morgan fingerprint density at radius 3 is 2.53 bits per heavy atom. The largest absolute Gasteiger partial charge is 0.389 e. The molecule has 0 heterocycles. The second-order valence-electron chi connectivity index (χ2n) is 5.18. The maximum Gasteiger partial charge on any atom is 0.0899 e. The smallest absolute Gasteiger partial charge is 0.0899 e. The summed E-state index contributed by atoms with van der Waals surface area (Å²) >= 11 is 0. The molecule has 0 amide bonds. The van der Waals surface area contributed by atoms with Crippen molar-refractivity contribution in [3.63, 3.8) is 0 Å². The average Bonchev–Trinajstić information content (AvgIpc) is 2.37. The molecule has 1 aromatic carbocycles. The lowest BCUT2D eigenvalue weighted by Crippen LogP contribution is -2.33. The summed E-state index contributed by atoms with van der Waals surface area (Å²) < 4.78 is 4.91. The van der Waals surface area contributed by atoms with Crippen molar-refractivity contribution in [3.05, 3.63) is 35.4 Å². The fraction of sp³-hybridized carbons (Fsp3) is 0.600. The number of likely N-dealkylation sites (N-methyl/N-ethyl adjacent to an activating group) is 1. The number of aliphatic hydroxyl groups is 1. The quantitative estimate of drug-likeness (QED) is 0.745. The standard InChI is InChI=1S/C15H26N2O2/c1-12-4-6-13(7-5-12)15(16)8-9-17(2)10-14(18)11-19-3/h4-7,14-15,18H,8-11,16H2,1-3H3. The van der Waals surface area contributed by atoms with Gasteiger partial charge in [0.25, 0.3) is 0 Å². The van der Waals surface area contributed by atoms with Crippen molar-refractivity contribution in [1.29, 1.82) is 0 Å². The molecule has 0 aliphatic heterocycles. The molecule has 1 aromatic rings. The van der Waals surface area contributed by atoms with E-state index in [0.29, 0.717) is 13.2 Å². The van der Waals surface area contributed by atoms with Crippen molar-refractivity contribution in [2.24, 2.45) is 5.73 Å². The van der Waals surface area contributed by atoms with Gasteiger partial charge >= 0.3 is 0 Å². The van der Waals surface area contributed by atoms with E-state index in [1.807, 2.05) is 7.05 Å². The zero-order valence-corrected chi connectivity index (χ0v) is 12.2. The van der Waals surface area contributed by atoms with Gasteiger partial charge in [0.15, 0.2) is 0 Å². The summed E-state index contributed by atoms with van der Waals surface area (Å²) in [5.41, 5.74) is 8.58. The summed E-state index contributed by atoms with van der Waals surface area (Å²) in [7, 11) is 3.58. The van der Waals surface area contributed by atoms with E-state index in [1.54, 1.807) is 7.11 Å². The van der Waals surface area contributed by atoms with E-state index in [9.17, 15) is 5.11 Å². The number of rotatable bonds is 8. The fourth-order valence-electron chi connectivity index (χ4n) is 2.04. The third-order valence-corrected chi connectivity index (χ3v) is 3.21. The van der Waals surface area contributed by atoms with Crippen LogP contribution in [-0.2, 0) is 4.74 Å². The van der Waals surface area contributed by atoms with Gasteiger partial charge in [-0.05, 0) is 32.5 Å². The van der Waals surface area contributed by atoms with E-state index in [1.165, 1.54) is 5.56 Å². The number of nitrogens with zero attached hydrogens (tertiary/aromatic N) is 1. The van der Waals surface area contributed by atoms with Gasteiger partial charge in [-0.3, -0.25) is 0 Å². The molecule has 0 fully saturated rings. The van der Waals surface area contributed by atoms with E-state index < -0.39 is 6.10 Å². The number of ether oxygens (including phenoxy) is 1. The summed E-state index contributed by atoms with van der Waals surface area (Å²) in [4.78, 5) is 2.08. The Morgan fingerprint density at radius 1 is 1.32 bits per heavy atom. The van der Waals surface area contributed by atoms with Gasteiger partial charge in [-0.1, -0.05) is 29.8 Å². The van der Waals surface area contributed by atoms with Crippen LogP contribution in [-0.4, -0.2) is 50.0 Å². The van der Waals surface area contributed by atoms with Crippen molar-refractivity contribution >= 4 is 0 Å². The molecule has 0 spiro atoms. The Hall–Kier alpha value is -0.940. The molecule has 19 heavy (non-hydrogen) atoms. The second-order valence-corrected chi connectivity index (χ2v) is 5.18. The van der Waals surface area contributed by atoms with Crippen molar-refractivity contribution in [3.8, 4) is 0 Å². The lowest BCUT2D eigenvalue weighted by Gasteiger charge is -2.22. The third-order valence-electron chi connectivity index (χ3n) is 3.21. The van der Waals surface area contributed by atoms with E-state index >= 15 is 0 Å². The van der Waals surface area contributed by atoms with Gasteiger partial charge in [0, 0.05) is 19.7 Å². The van der Waals surface area contributed by atoms with Crippen LogP contribution in [0.3, 0.4) is 0 Å². The SMILES string of the molecule is COCC(O)CN(C)CCC(N)c1ccc(C)cc1. The van der Waals surface area contributed by atoms with E-state index in [0.717, 1.165) is 18.5 Å². The highest BCUT2D eigenvalue weighted by molar-refractivity contribution is 5.23. The molecule has 0 saturated carbocycles. The molecule has 2 atom stereocenters. The topological polar surface area (TPSA) is 58.7 Å². The van der Waals surface area contributed by atoms with Crippen LogP contribution in [0.25, 0.3) is 0 Å². The molecule has 0 aliphatic carbocycles. The molecule has 0 bridgehead atoms. The van der Waals surface area contributed by atoms with Crippen molar-refractivity contribution in [1.82, 2.24) is 4.90 Å². The van der Waals surface area contributed by atoms with Crippen molar-refractivity contribution in [2.75, 3.05) is 33.9 Å². The molecular weight excluding hydrogens is 240 g/mol. The lowest BCUT2D eigenvalue weighted by atomic mass is 10.0. The highest BCUT2D eigenvalue weighted by Gasteiger charge is 2.10. The lowest BCUT2D eigenvalue weighted by molar-refractivity contribution is 0.0428. The molecule has 0 aliphatic rings. The minimum absolute atomic E-state index is 0.0441. The van der Waals surface area contributed by atoms with Gasteiger partial charge in [-0.25, -0.2) is 0 Å². The van der Waals surface area contributed by atoms with Gasteiger partial charge in [-0.15, -0.1) is 0 Å². The zero-order chi connectivity index (χ0) is 14.3. The highest BCUT2D eigenvalue weighted by atomic mass is 16.5. The summed E-state index contributed by atoms with van der Waals surface area (Å²) in [6.07, 6.45) is 0.435. The van der Waals surface area contributed by atoms with Crippen molar-refractivity contribution < 1.29 is 9.84 Å². The van der Waals surface area contributed by atoms with Crippen LogP contribution in [0.15, 0.2) is 24.3 Å². The first kappa shape index (κ1) is 16.1. The van der Waals surface area contributed by atoms with Crippen LogP contribution in [0.4, 0.5) is 0 Å². The number of nitrogens with two attached hydrogens (primary N) is 1. The summed E-state index contributed by atoms with van der Waals surface area (Å²) in [5, 5.41) is 9.63. The molecule has 1 rings (SSSR count). The van der Waals surface area contributed by atoms with Crippen molar-refractivity contribution in [2.45, 2.75) is 25.5 Å². The van der Waals surface area contributed by atoms with Crippen LogP contribution in [0.5, 0.6) is 0 Å². The minimum Gasteiger partial charge on any atom is -0.389 e. The Labute approximate surface area is 116 Å². The van der Waals surface area contributed by atoms with E-state index in [2.05, 4.69) is 36.1 Å². The monoisotopic (exact) mass is 266 g/mol. The number of aliphatic hydroxyl groups excluding tert-OH is 1. The first-order chi connectivity index (χ1) is 9.02. The highest BCUT2D eigenvalue weighted by Crippen LogP contribution is 2.15. The average molecular weight is 266 g/mol. The first-order valence-electron chi connectivity index (χ1n) is 6.70. The van der Waals surface area contributed by atoms with E-state index in [-0.39, 0.29) is 6.04 Å². The number of methoxy groups -OCH3 is 1. The normalized spacial score (nSPS) is 14.6.